The number of nitrogens with zero attached hydrogens (tertiary/aromatic N) is 3. The molecule has 0 aliphatic heterocycles. The minimum atomic E-state index is 0.785. The van der Waals surface area contributed by atoms with Gasteiger partial charge in [0, 0.05) is 14.1 Å². The van der Waals surface area contributed by atoms with Crippen molar-refractivity contribution in [1.29, 1.82) is 0 Å². The lowest BCUT2D eigenvalue weighted by Crippen LogP contribution is -1.99. The molecule has 1 N–H and O–H groups in total. The van der Waals surface area contributed by atoms with E-state index in [2.05, 4.69) is 33.9 Å². The Morgan fingerprint density at radius 3 is 2.71 bits per heavy atom. The lowest BCUT2D eigenvalue weighted by atomic mass is 10.3. The van der Waals surface area contributed by atoms with E-state index in [1.165, 1.54) is 10.4 Å². The maximum Gasteiger partial charge on any atom is 0.224 e. The molecule has 2 aromatic heterocycles. The van der Waals surface area contributed by atoms with Gasteiger partial charge in [-0.3, -0.25) is 4.57 Å². The van der Waals surface area contributed by atoms with Gasteiger partial charge in [-0.1, -0.05) is 0 Å². The molecule has 0 unspecified atom stereocenters. The number of rotatable bonds is 2. The second-order valence-electron chi connectivity index (χ2n) is 3.09. The van der Waals surface area contributed by atoms with Crippen molar-refractivity contribution in [2.24, 2.45) is 7.05 Å². The number of nitrogens with one attached hydrogen (secondary N) is 1. The highest BCUT2D eigenvalue weighted by Crippen LogP contribution is 2.27. The molecule has 0 fully saturated rings. The van der Waals surface area contributed by atoms with Gasteiger partial charge in [0.1, 0.15) is 0 Å². The summed E-state index contributed by atoms with van der Waals surface area (Å²) in [5.41, 5.74) is 1.24. The van der Waals surface area contributed by atoms with E-state index in [-0.39, 0.29) is 0 Å². The Hall–Kier alpha value is -1.36. The van der Waals surface area contributed by atoms with E-state index in [1.807, 2.05) is 18.7 Å². The standard InChI is InChI=1S/C9H12N4S/c1-6-4-5-14-7(6)8-11-12-9(10-2)13(8)3/h4-5H,1-3H3,(H,10,12). The zero-order valence-corrected chi connectivity index (χ0v) is 9.22. The number of aryl methyl sites for hydroxylation is 1. The van der Waals surface area contributed by atoms with Crippen LogP contribution in [-0.2, 0) is 7.05 Å². The molecule has 0 saturated heterocycles. The van der Waals surface area contributed by atoms with Gasteiger partial charge in [0.05, 0.1) is 4.88 Å². The van der Waals surface area contributed by atoms with E-state index in [4.69, 9.17) is 0 Å². The zero-order valence-electron chi connectivity index (χ0n) is 8.40. The maximum atomic E-state index is 4.15. The molecule has 5 heteroatoms. The quantitative estimate of drug-likeness (QED) is 0.819. The van der Waals surface area contributed by atoms with Gasteiger partial charge in [-0.15, -0.1) is 21.5 Å². The van der Waals surface area contributed by atoms with E-state index >= 15 is 0 Å². The molecule has 2 aromatic rings. The Kier molecular flexibility index (Phi) is 2.25. The van der Waals surface area contributed by atoms with Crippen molar-refractivity contribution >= 4 is 17.3 Å². The van der Waals surface area contributed by atoms with Crippen molar-refractivity contribution < 1.29 is 0 Å². The van der Waals surface area contributed by atoms with Gasteiger partial charge in [-0.2, -0.15) is 0 Å². The maximum absolute atomic E-state index is 4.15. The van der Waals surface area contributed by atoms with E-state index < -0.39 is 0 Å². The van der Waals surface area contributed by atoms with Gasteiger partial charge < -0.3 is 5.32 Å². The zero-order chi connectivity index (χ0) is 10.1. The second kappa shape index (κ2) is 3.42. The highest BCUT2D eigenvalue weighted by Gasteiger charge is 2.12. The molecule has 4 nitrogen and oxygen atoms in total. The highest BCUT2D eigenvalue weighted by molar-refractivity contribution is 7.13. The molecule has 0 atom stereocenters. The summed E-state index contributed by atoms with van der Waals surface area (Å²) in [6, 6.07) is 2.09. The first-order valence-corrected chi connectivity index (χ1v) is 5.23. The first-order chi connectivity index (χ1) is 6.74. The lowest BCUT2D eigenvalue weighted by molar-refractivity contribution is 0.926. The summed E-state index contributed by atoms with van der Waals surface area (Å²) in [5.74, 6) is 1.70. The summed E-state index contributed by atoms with van der Waals surface area (Å²) in [6.07, 6.45) is 0. The van der Waals surface area contributed by atoms with Crippen LogP contribution >= 0.6 is 11.3 Å². The average molecular weight is 208 g/mol. The number of hydrogen-bond donors (Lipinski definition) is 1. The second-order valence-corrected chi connectivity index (χ2v) is 4.01. The summed E-state index contributed by atoms with van der Waals surface area (Å²) >= 11 is 1.69. The Morgan fingerprint density at radius 1 is 1.43 bits per heavy atom. The number of aromatic nitrogens is 3. The lowest BCUT2D eigenvalue weighted by Gasteiger charge is -2.01. The van der Waals surface area contributed by atoms with Crippen molar-refractivity contribution in [2.75, 3.05) is 12.4 Å². The molecule has 2 heterocycles. The van der Waals surface area contributed by atoms with E-state index in [9.17, 15) is 0 Å². The number of thiophene rings is 1. The number of anilines is 1. The molecule has 74 valence electrons. The Bertz CT molecular complexity index is 443. The van der Waals surface area contributed by atoms with Crippen LogP contribution in [0.2, 0.25) is 0 Å². The molecule has 14 heavy (non-hydrogen) atoms. The minimum absolute atomic E-state index is 0.785. The normalized spacial score (nSPS) is 10.5. The fourth-order valence-electron chi connectivity index (χ4n) is 1.35. The predicted octanol–water partition coefficient (Wildman–Crippen LogP) is 1.89. The van der Waals surface area contributed by atoms with Gasteiger partial charge in [-0.05, 0) is 23.9 Å². The van der Waals surface area contributed by atoms with Crippen LogP contribution in [-0.4, -0.2) is 21.8 Å². The Morgan fingerprint density at radius 2 is 2.21 bits per heavy atom. The first-order valence-electron chi connectivity index (χ1n) is 4.35. The van der Waals surface area contributed by atoms with Crippen molar-refractivity contribution in [3.63, 3.8) is 0 Å². The highest BCUT2D eigenvalue weighted by atomic mass is 32.1. The fraction of sp³-hybridized carbons (Fsp3) is 0.333. The van der Waals surface area contributed by atoms with Gasteiger partial charge in [-0.25, -0.2) is 0 Å². The van der Waals surface area contributed by atoms with Crippen LogP contribution in [0, 0.1) is 6.92 Å². The molecule has 0 aliphatic carbocycles. The monoisotopic (exact) mass is 208 g/mol. The van der Waals surface area contributed by atoms with Crippen LogP contribution in [0.25, 0.3) is 10.7 Å². The molecule has 0 aliphatic rings. The van der Waals surface area contributed by atoms with Crippen LogP contribution in [0.5, 0.6) is 0 Å². The van der Waals surface area contributed by atoms with Gasteiger partial charge in [0.25, 0.3) is 0 Å². The third kappa shape index (κ3) is 1.29. The summed E-state index contributed by atoms with van der Waals surface area (Å²) in [6.45, 7) is 2.08. The number of hydrogen-bond acceptors (Lipinski definition) is 4. The molecule has 0 amide bonds. The minimum Gasteiger partial charge on any atom is -0.357 e. The fourth-order valence-corrected chi connectivity index (χ4v) is 2.29. The molecule has 0 bridgehead atoms. The summed E-state index contributed by atoms with van der Waals surface area (Å²) in [4.78, 5) is 1.18. The molecular formula is C9H12N4S. The van der Waals surface area contributed by atoms with Crippen LogP contribution in [0.4, 0.5) is 5.95 Å². The van der Waals surface area contributed by atoms with Crippen molar-refractivity contribution in [3.05, 3.63) is 17.0 Å². The summed E-state index contributed by atoms with van der Waals surface area (Å²) in [5, 5.41) is 13.2. The topological polar surface area (TPSA) is 42.7 Å². The van der Waals surface area contributed by atoms with Gasteiger partial charge >= 0.3 is 0 Å². The SMILES string of the molecule is CNc1nnc(-c2sccc2C)n1C. The Balaban J connectivity index is 2.52. The first kappa shape index (κ1) is 9.21. The molecule has 0 aromatic carbocycles. The Labute approximate surface area is 86.6 Å². The average Bonchev–Trinajstić information content (AvgIpc) is 2.72. The van der Waals surface area contributed by atoms with Crippen molar-refractivity contribution in [1.82, 2.24) is 14.8 Å². The van der Waals surface area contributed by atoms with Gasteiger partial charge in [0.15, 0.2) is 5.82 Å². The molecule has 0 radical (unpaired) electrons. The van der Waals surface area contributed by atoms with E-state index in [1.54, 1.807) is 11.3 Å². The van der Waals surface area contributed by atoms with Gasteiger partial charge in [0.2, 0.25) is 5.95 Å². The van der Waals surface area contributed by atoms with E-state index in [0.717, 1.165) is 11.8 Å². The third-order valence-corrected chi connectivity index (χ3v) is 3.18. The van der Waals surface area contributed by atoms with Crippen molar-refractivity contribution in [3.8, 4) is 10.7 Å². The largest absolute Gasteiger partial charge is 0.357 e. The third-order valence-electron chi connectivity index (χ3n) is 2.16. The summed E-state index contributed by atoms with van der Waals surface area (Å²) in [7, 11) is 3.80. The predicted molar refractivity (Wildman–Crippen MR) is 58.6 cm³/mol. The summed E-state index contributed by atoms with van der Waals surface area (Å²) < 4.78 is 1.96. The molecule has 2 rings (SSSR count). The smallest absolute Gasteiger partial charge is 0.224 e. The van der Waals surface area contributed by atoms with Crippen LogP contribution < -0.4 is 5.32 Å². The van der Waals surface area contributed by atoms with Crippen LogP contribution in [0.1, 0.15) is 5.56 Å². The van der Waals surface area contributed by atoms with Crippen LogP contribution in [0.3, 0.4) is 0 Å². The molecule has 0 saturated carbocycles. The molecular weight excluding hydrogens is 196 g/mol. The van der Waals surface area contributed by atoms with E-state index in [0.29, 0.717) is 0 Å². The van der Waals surface area contributed by atoms with Crippen LogP contribution in [0.15, 0.2) is 11.4 Å². The molecule has 0 spiro atoms. The van der Waals surface area contributed by atoms with Crippen molar-refractivity contribution in [2.45, 2.75) is 6.92 Å².